The minimum absolute atomic E-state index is 0.206. The fourth-order valence-corrected chi connectivity index (χ4v) is 6.53. The van der Waals surface area contributed by atoms with Crippen LogP contribution in [-0.2, 0) is 22.4 Å². The van der Waals surface area contributed by atoms with Gasteiger partial charge in [0.15, 0.2) is 0 Å². The maximum atomic E-state index is 12.4. The van der Waals surface area contributed by atoms with E-state index in [0.717, 1.165) is 44.4 Å². The summed E-state index contributed by atoms with van der Waals surface area (Å²) in [7, 11) is 6.15. The van der Waals surface area contributed by atoms with Crippen molar-refractivity contribution in [2.75, 3.05) is 38.8 Å². The molecule has 10 nitrogen and oxygen atoms in total. The third kappa shape index (κ3) is 7.66. The average Bonchev–Trinajstić information content (AvgIpc) is 3.57. The van der Waals surface area contributed by atoms with Crippen LogP contribution in [0.2, 0.25) is 0 Å². The van der Waals surface area contributed by atoms with Gasteiger partial charge in [-0.1, -0.05) is 21.6 Å². The van der Waals surface area contributed by atoms with Crippen LogP contribution < -0.4 is 31.6 Å². The summed E-state index contributed by atoms with van der Waals surface area (Å²) in [6, 6.07) is 10.4. The van der Waals surface area contributed by atoms with E-state index in [1.54, 1.807) is 14.2 Å². The Labute approximate surface area is 241 Å². The van der Waals surface area contributed by atoms with Gasteiger partial charge in [-0.05, 0) is 60.4 Å². The number of amides is 2. The van der Waals surface area contributed by atoms with E-state index in [0.29, 0.717) is 37.4 Å². The van der Waals surface area contributed by atoms with Crippen molar-refractivity contribution in [1.29, 1.82) is 0 Å². The number of rotatable bonds is 15. The number of nitrogens with two attached hydrogens (primary N) is 2. The number of benzene rings is 2. The molecule has 0 saturated carbocycles. The highest BCUT2D eigenvalue weighted by Gasteiger charge is 2.17. The number of H-pyrrole nitrogens is 2. The maximum absolute atomic E-state index is 12.4. The third-order valence-electron chi connectivity index (χ3n) is 6.59. The second kappa shape index (κ2) is 14.4. The lowest BCUT2D eigenvalue weighted by Gasteiger charge is -2.14. The van der Waals surface area contributed by atoms with Gasteiger partial charge in [0, 0.05) is 58.8 Å². The molecular formula is C28H36N6O4S2. The van der Waals surface area contributed by atoms with Crippen LogP contribution in [0.3, 0.4) is 0 Å². The topological polar surface area (TPSA) is 160 Å². The molecule has 12 heteroatoms. The monoisotopic (exact) mass is 584 g/mol. The predicted molar refractivity (Wildman–Crippen MR) is 164 cm³/mol. The number of nitrogens with one attached hydrogen (secondary N) is 4. The van der Waals surface area contributed by atoms with Crippen LogP contribution >= 0.6 is 21.6 Å². The summed E-state index contributed by atoms with van der Waals surface area (Å²) >= 11 is 0. The lowest BCUT2D eigenvalue weighted by atomic mass is 10.1. The Balaban J connectivity index is 1.10. The summed E-state index contributed by atoms with van der Waals surface area (Å²) in [5.74, 6) is 2.00. The van der Waals surface area contributed by atoms with Gasteiger partial charge in [-0.25, -0.2) is 0 Å². The van der Waals surface area contributed by atoms with Crippen LogP contribution in [0, 0.1) is 0 Å². The fourth-order valence-electron chi connectivity index (χ4n) is 4.28. The highest BCUT2D eigenvalue weighted by Crippen LogP contribution is 2.25. The van der Waals surface area contributed by atoms with Crippen LogP contribution in [0.15, 0.2) is 48.8 Å². The molecule has 0 fully saturated rings. The zero-order valence-corrected chi connectivity index (χ0v) is 24.3. The number of carbonyl (C=O) groups excluding carboxylic acids is 2. The Hall–Kier alpha value is -3.32. The molecule has 2 heterocycles. The molecule has 0 radical (unpaired) electrons. The first-order chi connectivity index (χ1) is 19.4. The molecule has 0 spiro atoms. The van der Waals surface area contributed by atoms with Crippen LogP contribution in [-0.4, -0.2) is 72.7 Å². The van der Waals surface area contributed by atoms with E-state index in [-0.39, 0.29) is 11.8 Å². The normalized spacial score (nSPS) is 12.8. The van der Waals surface area contributed by atoms with Gasteiger partial charge in [-0.3, -0.25) is 9.59 Å². The second-order valence-electron chi connectivity index (χ2n) is 9.31. The molecule has 4 aromatic rings. The summed E-state index contributed by atoms with van der Waals surface area (Å²) in [6.45, 7) is 0.956. The van der Waals surface area contributed by atoms with Crippen LogP contribution in [0.5, 0.6) is 11.5 Å². The Bertz CT molecular complexity index is 1330. The number of ether oxygens (including phenoxy) is 2. The minimum atomic E-state index is -0.652. The molecule has 0 unspecified atom stereocenters. The summed E-state index contributed by atoms with van der Waals surface area (Å²) < 4.78 is 10.6. The summed E-state index contributed by atoms with van der Waals surface area (Å²) in [4.78, 5) is 31.3. The Morgan fingerprint density at radius 3 is 1.60 bits per heavy atom. The number of hydrogen-bond donors (Lipinski definition) is 6. The van der Waals surface area contributed by atoms with E-state index >= 15 is 0 Å². The molecule has 0 aliphatic carbocycles. The van der Waals surface area contributed by atoms with E-state index in [1.807, 2.05) is 48.8 Å². The smallest absolute Gasteiger partial charge is 0.237 e. The van der Waals surface area contributed by atoms with E-state index in [2.05, 4.69) is 20.6 Å². The lowest BCUT2D eigenvalue weighted by Crippen LogP contribution is -2.43. The van der Waals surface area contributed by atoms with Crippen molar-refractivity contribution in [3.05, 3.63) is 59.9 Å². The molecule has 4 rings (SSSR count). The molecule has 0 bridgehead atoms. The molecule has 8 N–H and O–H groups in total. The molecule has 2 atom stereocenters. The molecular weight excluding hydrogens is 548 g/mol. The summed E-state index contributed by atoms with van der Waals surface area (Å²) in [5, 5.41) is 7.95. The number of fused-ring (bicyclic) bond motifs is 2. The van der Waals surface area contributed by atoms with E-state index in [9.17, 15) is 9.59 Å². The molecule has 0 aliphatic rings. The van der Waals surface area contributed by atoms with E-state index in [1.165, 1.54) is 21.6 Å². The zero-order valence-electron chi connectivity index (χ0n) is 22.6. The Morgan fingerprint density at radius 2 is 1.20 bits per heavy atom. The summed E-state index contributed by atoms with van der Waals surface area (Å²) in [6.07, 6.45) is 5.24. The first-order valence-corrected chi connectivity index (χ1v) is 15.5. The molecule has 214 valence electrons. The molecule has 40 heavy (non-hydrogen) atoms. The second-order valence-corrected chi connectivity index (χ2v) is 11.9. The maximum Gasteiger partial charge on any atom is 0.237 e. The minimum Gasteiger partial charge on any atom is -0.497 e. The first kappa shape index (κ1) is 29.7. The lowest BCUT2D eigenvalue weighted by molar-refractivity contribution is -0.122. The van der Waals surface area contributed by atoms with E-state index < -0.39 is 12.1 Å². The SMILES string of the molecule is COc1ccc2[nH]cc(CCNC(=O)[C@@H](N)CSSC[C@H](N)C(=O)NCCc3c[nH]c4ccc(OC)cc34)c2c1. The van der Waals surface area contributed by atoms with Crippen molar-refractivity contribution >= 4 is 55.2 Å². The van der Waals surface area contributed by atoms with Crippen molar-refractivity contribution in [3.8, 4) is 11.5 Å². The van der Waals surface area contributed by atoms with Crippen molar-refractivity contribution < 1.29 is 19.1 Å². The molecule has 2 amide bonds. The van der Waals surface area contributed by atoms with Gasteiger partial charge in [0.2, 0.25) is 11.8 Å². The third-order valence-corrected chi connectivity index (χ3v) is 9.06. The van der Waals surface area contributed by atoms with Gasteiger partial charge in [-0.2, -0.15) is 0 Å². The average molecular weight is 585 g/mol. The van der Waals surface area contributed by atoms with Gasteiger partial charge < -0.3 is 41.5 Å². The van der Waals surface area contributed by atoms with Crippen LogP contribution in [0.4, 0.5) is 0 Å². The largest absolute Gasteiger partial charge is 0.497 e. The zero-order chi connectivity index (χ0) is 28.5. The van der Waals surface area contributed by atoms with Gasteiger partial charge in [0.05, 0.1) is 26.3 Å². The quantitative estimate of drug-likeness (QED) is 0.0919. The first-order valence-electron chi connectivity index (χ1n) is 13.0. The van der Waals surface area contributed by atoms with Crippen LogP contribution in [0.25, 0.3) is 21.8 Å². The highest BCUT2D eigenvalue weighted by molar-refractivity contribution is 8.76. The van der Waals surface area contributed by atoms with Crippen LogP contribution in [0.1, 0.15) is 11.1 Å². The van der Waals surface area contributed by atoms with Crippen molar-refractivity contribution in [2.45, 2.75) is 24.9 Å². The van der Waals surface area contributed by atoms with Crippen molar-refractivity contribution in [1.82, 2.24) is 20.6 Å². The van der Waals surface area contributed by atoms with Crippen molar-refractivity contribution in [2.24, 2.45) is 11.5 Å². The standard InChI is InChI=1S/C28H36N6O4S2/c1-37-19-3-5-25-21(11-19)17(13-33-25)7-9-31-27(35)23(29)15-39-40-16-24(30)28(36)32-10-8-18-14-34-26-6-4-20(38-2)12-22(18)26/h3-6,11-14,23-24,33-34H,7-10,15-16,29-30H2,1-2H3,(H,31,35)(H,32,36)/t23-,24-/m0/s1. The Morgan fingerprint density at radius 1 is 0.775 bits per heavy atom. The number of hydrogen-bond acceptors (Lipinski definition) is 8. The van der Waals surface area contributed by atoms with E-state index in [4.69, 9.17) is 20.9 Å². The van der Waals surface area contributed by atoms with Gasteiger partial charge in [0.25, 0.3) is 0 Å². The number of carbonyl (C=O) groups is 2. The van der Waals surface area contributed by atoms with Gasteiger partial charge in [-0.15, -0.1) is 0 Å². The molecule has 2 aromatic carbocycles. The van der Waals surface area contributed by atoms with Gasteiger partial charge in [0.1, 0.15) is 11.5 Å². The molecule has 0 saturated heterocycles. The Kier molecular flexibility index (Phi) is 10.6. The number of methoxy groups -OCH3 is 2. The molecule has 2 aromatic heterocycles. The van der Waals surface area contributed by atoms with Gasteiger partial charge >= 0.3 is 0 Å². The number of aromatic nitrogens is 2. The van der Waals surface area contributed by atoms with Crippen molar-refractivity contribution in [3.63, 3.8) is 0 Å². The highest BCUT2D eigenvalue weighted by atomic mass is 33.1. The predicted octanol–water partition coefficient (Wildman–Crippen LogP) is 2.72. The molecule has 0 aliphatic heterocycles. The number of aromatic amines is 2. The fraction of sp³-hybridized carbons (Fsp3) is 0.357. The summed E-state index contributed by atoms with van der Waals surface area (Å²) in [5.41, 5.74) is 16.4.